The van der Waals surface area contributed by atoms with Gasteiger partial charge in [-0.2, -0.15) is 0 Å². The van der Waals surface area contributed by atoms with Crippen molar-refractivity contribution >= 4 is 5.78 Å². The molecule has 1 heterocycles. The molecule has 1 atom stereocenters. The molecule has 0 unspecified atom stereocenters. The molecule has 0 radical (unpaired) electrons. The average Bonchev–Trinajstić information content (AvgIpc) is 2.35. The van der Waals surface area contributed by atoms with Crippen molar-refractivity contribution in [3.05, 3.63) is 29.6 Å². The minimum atomic E-state index is -0.341. The minimum absolute atomic E-state index is 0.139. The smallest absolute Gasteiger partial charge is 0.150 e. The lowest BCUT2D eigenvalue weighted by atomic mass is 9.96. The van der Waals surface area contributed by atoms with E-state index in [1.807, 2.05) is 26.2 Å². The molecule has 3 nitrogen and oxygen atoms in total. The highest BCUT2D eigenvalue weighted by Gasteiger charge is 2.16. The van der Waals surface area contributed by atoms with E-state index in [9.17, 15) is 4.79 Å². The van der Waals surface area contributed by atoms with Crippen molar-refractivity contribution in [3.63, 3.8) is 0 Å². The van der Waals surface area contributed by atoms with Crippen LogP contribution in [0.4, 0.5) is 0 Å². The lowest BCUT2D eigenvalue weighted by Gasteiger charge is -2.14. The third-order valence-corrected chi connectivity index (χ3v) is 3.23. The molecule has 18 heavy (non-hydrogen) atoms. The van der Waals surface area contributed by atoms with Crippen molar-refractivity contribution in [2.45, 2.75) is 52.5 Å². The summed E-state index contributed by atoms with van der Waals surface area (Å²) in [6.45, 7) is 8.23. The van der Waals surface area contributed by atoms with Crippen LogP contribution in [0.25, 0.3) is 0 Å². The summed E-state index contributed by atoms with van der Waals surface area (Å²) in [6, 6.07) is 1.79. The molecule has 0 fully saturated rings. The summed E-state index contributed by atoms with van der Waals surface area (Å²) >= 11 is 0. The van der Waals surface area contributed by atoms with Crippen molar-refractivity contribution in [1.82, 2.24) is 4.98 Å². The van der Waals surface area contributed by atoms with Gasteiger partial charge >= 0.3 is 0 Å². The standard InChI is InChI=1S/C15H24N2O/c1-10(2)13-7-12(8-17-9-13)5-6-14(18)15(16)11(3)4/h7-11,15H,5-6,16H2,1-4H3/t15-/m0/s1. The molecule has 3 heteroatoms. The number of ketones is 1. The minimum Gasteiger partial charge on any atom is -0.321 e. The molecule has 0 saturated carbocycles. The van der Waals surface area contributed by atoms with E-state index in [0.29, 0.717) is 12.3 Å². The fraction of sp³-hybridized carbons (Fsp3) is 0.600. The second kappa shape index (κ2) is 6.64. The van der Waals surface area contributed by atoms with Gasteiger partial charge in [-0.15, -0.1) is 0 Å². The Bertz CT molecular complexity index is 399. The Hall–Kier alpha value is -1.22. The van der Waals surface area contributed by atoms with Crippen LogP contribution < -0.4 is 5.73 Å². The summed E-state index contributed by atoms with van der Waals surface area (Å²) in [5.74, 6) is 0.809. The van der Waals surface area contributed by atoms with E-state index in [1.54, 1.807) is 0 Å². The van der Waals surface area contributed by atoms with E-state index in [4.69, 9.17) is 5.73 Å². The molecule has 0 aliphatic carbocycles. The first-order valence-corrected chi connectivity index (χ1v) is 6.64. The van der Waals surface area contributed by atoms with E-state index in [1.165, 1.54) is 5.56 Å². The zero-order valence-electron chi connectivity index (χ0n) is 11.8. The molecule has 1 aromatic rings. The molecule has 0 aliphatic rings. The summed E-state index contributed by atoms with van der Waals surface area (Å²) in [4.78, 5) is 16.1. The van der Waals surface area contributed by atoms with Crippen LogP contribution in [0, 0.1) is 5.92 Å². The Morgan fingerprint density at radius 2 is 1.94 bits per heavy atom. The molecule has 0 bridgehead atoms. The van der Waals surface area contributed by atoms with Crippen LogP contribution in [0.2, 0.25) is 0 Å². The molecule has 0 amide bonds. The Labute approximate surface area is 110 Å². The number of pyridine rings is 1. The molecule has 0 spiro atoms. The number of aromatic nitrogens is 1. The summed E-state index contributed by atoms with van der Waals surface area (Å²) < 4.78 is 0. The van der Waals surface area contributed by atoms with Gasteiger partial charge in [0.2, 0.25) is 0 Å². The molecule has 2 N–H and O–H groups in total. The van der Waals surface area contributed by atoms with Crippen LogP contribution >= 0.6 is 0 Å². The predicted octanol–water partition coefficient (Wildman–Crippen LogP) is 2.69. The molecule has 1 aromatic heterocycles. The third kappa shape index (κ3) is 4.22. The van der Waals surface area contributed by atoms with Gasteiger partial charge in [0.05, 0.1) is 6.04 Å². The van der Waals surface area contributed by atoms with Crippen molar-refractivity contribution < 1.29 is 4.79 Å². The van der Waals surface area contributed by atoms with Gasteiger partial charge in [-0.25, -0.2) is 0 Å². The van der Waals surface area contributed by atoms with E-state index >= 15 is 0 Å². The summed E-state index contributed by atoms with van der Waals surface area (Å²) in [7, 11) is 0. The lowest BCUT2D eigenvalue weighted by molar-refractivity contribution is -0.121. The van der Waals surface area contributed by atoms with Crippen LogP contribution in [-0.2, 0) is 11.2 Å². The average molecular weight is 248 g/mol. The maximum Gasteiger partial charge on any atom is 0.150 e. The largest absolute Gasteiger partial charge is 0.321 e. The van der Waals surface area contributed by atoms with Crippen LogP contribution in [0.3, 0.4) is 0 Å². The zero-order valence-corrected chi connectivity index (χ0v) is 11.8. The molecule has 1 rings (SSSR count). The van der Waals surface area contributed by atoms with Crippen LogP contribution in [0.5, 0.6) is 0 Å². The summed E-state index contributed by atoms with van der Waals surface area (Å²) in [5.41, 5.74) is 8.17. The Morgan fingerprint density at radius 1 is 1.28 bits per heavy atom. The number of nitrogens with two attached hydrogens (primary N) is 1. The summed E-state index contributed by atoms with van der Waals surface area (Å²) in [5, 5.41) is 0. The highest BCUT2D eigenvalue weighted by molar-refractivity contribution is 5.84. The van der Waals surface area contributed by atoms with Crippen LogP contribution in [0.1, 0.15) is 51.2 Å². The number of nitrogens with zero attached hydrogens (tertiary/aromatic N) is 1. The van der Waals surface area contributed by atoms with Crippen molar-refractivity contribution in [2.75, 3.05) is 0 Å². The van der Waals surface area contributed by atoms with Gasteiger partial charge in [0.1, 0.15) is 5.78 Å². The number of hydrogen-bond acceptors (Lipinski definition) is 3. The molecule has 0 aliphatic heterocycles. The van der Waals surface area contributed by atoms with Crippen molar-refractivity contribution in [1.29, 1.82) is 0 Å². The Balaban J connectivity index is 2.58. The maximum absolute atomic E-state index is 11.8. The van der Waals surface area contributed by atoms with E-state index < -0.39 is 0 Å². The van der Waals surface area contributed by atoms with Gasteiger partial charge in [0, 0.05) is 18.8 Å². The van der Waals surface area contributed by atoms with Crippen LogP contribution in [-0.4, -0.2) is 16.8 Å². The monoisotopic (exact) mass is 248 g/mol. The Morgan fingerprint density at radius 3 is 2.50 bits per heavy atom. The SMILES string of the molecule is CC(C)c1cncc(CCC(=O)[C@@H](N)C(C)C)c1. The lowest BCUT2D eigenvalue weighted by Crippen LogP contribution is -2.35. The van der Waals surface area contributed by atoms with Gasteiger partial charge in [-0.05, 0) is 29.4 Å². The van der Waals surface area contributed by atoms with Crippen LogP contribution in [0.15, 0.2) is 18.5 Å². The number of aryl methyl sites for hydroxylation is 1. The van der Waals surface area contributed by atoms with Crippen molar-refractivity contribution in [3.8, 4) is 0 Å². The van der Waals surface area contributed by atoms with Gasteiger partial charge in [0.25, 0.3) is 0 Å². The molecule has 0 aromatic carbocycles. The van der Waals surface area contributed by atoms with E-state index in [0.717, 1.165) is 12.0 Å². The first-order chi connectivity index (χ1) is 8.41. The Kier molecular flexibility index (Phi) is 5.48. The van der Waals surface area contributed by atoms with Gasteiger partial charge in [0.15, 0.2) is 0 Å². The quantitative estimate of drug-likeness (QED) is 0.842. The molecular weight excluding hydrogens is 224 g/mol. The van der Waals surface area contributed by atoms with Gasteiger partial charge in [-0.1, -0.05) is 33.8 Å². The predicted molar refractivity (Wildman–Crippen MR) is 74.5 cm³/mol. The topological polar surface area (TPSA) is 56.0 Å². The fourth-order valence-electron chi connectivity index (χ4n) is 1.77. The normalized spacial score (nSPS) is 13.1. The van der Waals surface area contributed by atoms with E-state index in [2.05, 4.69) is 24.9 Å². The fourth-order valence-corrected chi connectivity index (χ4v) is 1.77. The van der Waals surface area contributed by atoms with Crippen molar-refractivity contribution in [2.24, 2.45) is 11.7 Å². The molecule has 0 saturated heterocycles. The highest BCUT2D eigenvalue weighted by Crippen LogP contribution is 2.15. The highest BCUT2D eigenvalue weighted by atomic mass is 16.1. The number of Topliss-reactive ketones (excluding diaryl/α,β-unsaturated/α-hetero) is 1. The number of carbonyl (C=O) groups excluding carboxylic acids is 1. The third-order valence-electron chi connectivity index (χ3n) is 3.23. The number of hydrogen-bond donors (Lipinski definition) is 1. The molecular formula is C15H24N2O. The first kappa shape index (κ1) is 14.8. The van der Waals surface area contributed by atoms with E-state index in [-0.39, 0.29) is 17.7 Å². The second-order valence-corrected chi connectivity index (χ2v) is 5.52. The number of rotatable bonds is 6. The summed E-state index contributed by atoms with van der Waals surface area (Å²) in [6.07, 6.45) is 4.95. The number of carbonyl (C=O) groups is 1. The molecule has 100 valence electrons. The zero-order chi connectivity index (χ0) is 13.7. The maximum atomic E-state index is 11.8. The first-order valence-electron chi connectivity index (χ1n) is 6.64. The van der Waals surface area contributed by atoms with Gasteiger partial charge < -0.3 is 5.73 Å². The second-order valence-electron chi connectivity index (χ2n) is 5.52. The van der Waals surface area contributed by atoms with Gasteiger partial charge in [-0.3, -0.25) is 9.78 Å².